The average Bonchev–Trinajstić information content (AvgIpc) is 3.31. The molecule has 2 aromatic rings. The summed E-state index contributed by atoms with van der Waals surface area (Å²) in [5.74, 6) is 0.0245. The maximum atomic E-state index is 12.4. The summed E-state index contributed by atoms with van der Waals surface area (Å²) < 4.78 is 22.5. The predicted molar refractivity (Wildman–Crippen MR) is 97.8 cm³/mol. The van der Waals surface area contributed by atoms with Crippen molar-refractivity contribution in [3.8, 4) is 0 Å². The molecule has 1 fully saturated rings. The van der Waals surface area contributed by atoms with Crippen LogP contribution in [0.25, 0.3) is 0 Å². The van der Waals surface area contributed by atoms with E-state index in [1.807, 2.05) is 0 Å². The molecule has 0 saturated carbocycles. The monoisotopic (exact) mass is 371 g/mol. The van der Waals surface area contributed by atoms with Gasteiger partial charge in [0.05, 0.1) is 4.90 Å². The van der Waals surface area contributed by atoms with Gasteiger partial charge in [0.15, 0.2) is 0 Å². The van der Waals surface area contributed by atoms with Gasteiger partial charge in [-0.25, -0.2) is 13.6 Å². The summed E-state index contributed by atoms with van der Waals surface area (Å²) in [6, 6.07) is 15.1. The van der Waals surface area contributed by atoms with Crippen LogP contribution in [0, 0.1) is 0 Å². The molecule has 1 aliphatic carbocycles. The normalized spacial score (nSPS) is 22.0. The summed E-state index contributed by atoms with van der Waals surface area (Å²) in [6.45, 7) is 1.17. The lowest BCUT2D eigenvalue weighted by Crippen LogP contribution is -2.32. The fraction of sp³-hybridized carbons (Fsp3) is 0.316. The average molecular weight is 371 g/mol. The first-order valence-electron chi connectivity index (χ1n) is 8.64. The van der Waals surface area contributed by atoms with Gasteiger partial charge in [-0.3, -0.25) is 9.69 Å². The minimum absolute atomic E-state index is 0.0245. The number of primary sulfonamides is 1. The van der Waals surface area contributed by atoms with E-state index in [0.29, 0.717) is 12.6 Å². The molecule has 136 valence electrons. The minimum Gasteiger partial charge on any atom is -0.351 e. The number of nitrogens with zero attached hydrogens (tertiary/aromatic N) is 1. The van der Waals surface area contributed by atoms with E-state index in [4.69, 9.17) is 5.14 Å². The zero-order chi connectivity index (χ0) is 18.3. The number of carbonyl (C=O) groups is 1. The lowest BCUT2D eigenvalue weighted by molar-refractivity contribution is -0.121. The maximum absolute atomic E-state index is 12.4. The van der Waals surface area contributed by atoms with Crippen molar-refractivity contribution in [3.05, 3.63) is 65.2 Å². The van der Waals surface area contributed by atoms with Crippen LogP contribution in [0.15, 0.2) is 53.4 Å². The van der Waals surface area contributed by atoms with Crippen LogP contribution >= 0.6 is 0 Å². The van der Waals surface area contributed by atoms with Gasteiger partial charge in [0.25, 0.3) is 0 Å². The van der Waals surface area contributed by atoms with Crippen molar-refractivity contribution >= 4 is 15.9 Å². The molecule has 7 heteroatoms. The standard InChI is InChI=1S/C19H21N3O3S/c20-26(24,25)17-7-5-13(6-8-17)11-21-19(23)18-12-22(18)16-9-14-3-1-2-4-15(14)10-16/h1-8,16,18H,9-12H2,(H,21,23)(H2,20,24,25). The fourth-order valence-corrected chi connectivity index (χ4v) is 4.18. The lowest BCUT2D eigenvalue weighted by Gasteiger charge is -2.12. The fourth-order valence-electron chi connectivity index (χ4n) is 3.66. The lowest BCUT2D eigenvalue weighted by atomic mass is 10.1. The quantitative estimate of drug-likeness (QED) is 0.761. The highest BCUT2D eigenvalue weighted by atomic mass is 32.2. The minimum atomic E-state index is -3.69. The van der Waals surface area contributed by atoms with Crippen molar-refractivity contribution in [1.82, 2.24) is 10.2 Å². The number of rotatable bonds is 5. The molecule has 4 rings (SSSR count). The van der Waals surface area contributed by atoms with E-state index in [2.05, 4.69) is 34.5 Å². The first-order valence-corrected chi connectivity index (χ1v) is 10.2. The molecule has 1 amide bonds. The second-order valence-electron chi connectivity index (χ2n) is 6.95. The number of benzene rings is 2. The molecular weight excluding hydrogens is 350 g/mol. The summed E-state index contributed by atoms with van der Waals surface area (Å²) in [6.07, 6.45) is 2.02. The van der Waals surface area contributed by atoms with Crippen LogP contribution in [0.2, 0.25) is 0 Å². The topological polar surface area (TPSA) is 92.3 Å². The Balaban J connectivity index is 1.29. The SMILES string of the molecule is NS(=O)(=O)c1ccc(CNC(=O)C2CN2C2Cc3ccccc3C2)cc1. The van der Waals surface area contributed by atoms with E-state index in [0.717, 1.165) is 24.9 Å². The molecule has 3 N–H and O–H groups in total. The van der Waals surface area contributed by atoms with Crippen LogP contribution in [0.1, 0.15) is 16.7 Å². The molecule has 1 saturated heterocycles. The van der Waals surface area contributed by atoms with Crippen LogP contribution in [0.5, 0.6) is 0 Å². The first kappa shape index (κ1) is 17.2. The number of carbonyl (C=O) groups excluding carboxylic acids is 1. The number of amides is 1. The van der Waals surface area contributed by atoms with Gasteiger partial charge in [0, 0.05) is 19.1 Å². The maximum Gasteiger partial charge on any atom is 0.238 e. The molecular formula is C19H21N3O3S. The summed E-state index contributed by atoms with van der Waals surface area (Å²) in [7, 11) is -3.69. The van der Waals surface area contributed by atoms with Gasteiger partial charge in [-0.15, -0.1) is 0 Å². The van der Waals surface area contributed by atoms with Crippen molar-refractivity contribution < 1.29 is 13.2 Å². The molecule has 2 unspecified atom stereocenters. The summed E-state index contributed by atoms with van der Waals surface area (Å²) in [5, 5.41) is 8.01. The number of hydrogen-bond donors (Lipinski definition) is 2. The first-order chi connectivity index (χ1) is 12.4. The zero-order valence-corrected chi connectivity index (χ0v) is 15.1. The van der Waals surface area contributed by atoms with Crippen LogP contribution in [-0.2, 0) is 34.2 Å². The van der Waals surface area contributed by atoms with E-state index >= 15 is 0 Å². The molecule has 0 bridgehead atoms. The van der Waals surface area contributed by atoms with Crippen molar-refractivity contribution in [3.63, 3.8) is 0 Å². The van der Waals surface area contributed by atoms with E-state index < -0.39 is 10.0 Å². The van der Waals surface area contributed by atoms with E-state index in [-0.39, 0.29) is 16.8 Å². The Hall–Kier alpha value is -2.22. The number of nitrogens with one attached hydrogen (secondary N) is 1. The van der Waals surface area contributed by atoms with Crippen molar-refractivity contribution in [2.24, 2.45) is 5.14 Å². The van der Waals surface area contributed by atoms with Crippen LogP contribution in [0.3, 0.4) is 0 Å². The Morgan fingerprint density at radius 1 is 1.08 bits per heavy atom. The van der Waals surface area contributed by atoms with Gasteiger partial charge < -0.3 is 5.32 Å². The third-order valence-electron chi connectivity index (χ3n) is 5.17. The van der Waals surface area contributed by atoms with E-state index in [1.165, 1.54) is 23.3 Å². The molecule has 2 atom stereocenters. The van der Waals surface area contributed by atoms with Gasteiger partial charge in [-0.1, -0.05) is 36.4 Å². The summed E-state index contributed by atoms with van der Waals surface area (Å²) in [5.41, 5.74) is 3.61. The van der Waals surface area contributed by atoms with Gasteiger partial charge in [0.2, 0.25) is 15.9 Å². The van der Waals surface area contributed by atoms with Gasteiger partial charge >= 0.3 is 0 Å². The third-order valence-corrected chi connectivity index (χ3v) is 6.10. The van der Waals surface area contributed by atoms with Gasteiger partial charge in [-0.05, 0) is 41.7 Å². The molecule has 1 aliphatic heterocycles. The highest BCUT2D eigenvalue weighted by molar-refractivity contribution is 7.89. The van der Waals surface area contributed by atoms with Gasteiger partial charge in [0.1, 0.15) is 6.04 Å². The van der Waals surface area contributed by atoms with Crippen molar-refractivity contribution in [2.75, 3.05) is 6.54 Å². The molecule has 2 aromatic carbocycles. The van der Waals surface area contributed by atoms with Crippen LogP contribution < -0.4 is 10.5 Å². The molecule has 0 aromatic heterocycles. The van der Waals surface area contributed by atoms with Crippen molar-refractivity contribution in [1.29, 1.82) is 0 Å². The molecule has 1 heterocycles. The van der Waals surface area contributed by atoms with Crippen LogP contribution in [0.4, 0.5) is 0 Å². The Kier molecular flexibility index (Phi) is 4.30. The Morgan fingerprint density at radius 3 is 2.27 bits per heavy atom. The van der Waals surface area contributed by atoms with Crippen LogP contribution in [-0.4, -0.2) is 37.9 Å². The number of fused-ring (bicyclic) bond motifs is 1. The molecule has 6 nitrogen and oxygen atoms in total. The predicted octanol–water partition coefficient (Wildman–Crippen LogP) is 0.802. The Morgan fingerprint density at radius 2 is 1.69 bits per heavy atom. The van der Waals surface area contributed by atoms with E-state index in [1.54, 1.807) is 12.1 Å². The number of nitrogens with two attached hydrogens (primary N) is 1. The summed E-state index contributed by atoms with van der Waals surface area (Å²) in [4.78, 5) is 14.7. The zero-order valence-electron chi connectivity index (χ0n) is 14.3. The smallest absolute Gasteiger partial charge is 0.238 e. The molecule has 0 spiro atoms. The number of hydrogen-bond acceptors (Lipinski definition) is 4. The highest BCUT2D eigenvalue weighted by Crippen LogP contribution is 2.32. The third kappa shape index (κ3) is 3.51. The second-order valence-corrected chi connectivity index (χ2v) is 8.51. The van der Waals surface area contributed by atoms with Crippen molar-refractivity contribution in [2.45, 2.75) is 36.4 Å². The molecule has 26 heavy (non-hydrogen) atoms. The Labute approximate surface area is 153 Å². The molecule has 2 aliphatic rings. The highest BCUT2D eigenvalue weighted by Gasteiger charge is 2.46. The van der Waals surface area contributed by atoms with Gasteiger partial charge in [-0.2, -0.15) is 0 Å². The second kappa shape index (κ2) is 6.50. The number of sulfonamides is 1. The van der Waals surface area contributed by atoms with E-state index in [9.17, 15) is 13.2 Å². The molecule has 0 radical (unpaired) electrons. The summed E-state index contributed by atoms with van der Waals surface area (Å²) >= 11 is 0. The Bertz CT molecular complexity index is 916. The largest absolute Gasteiger partial charge is 0.351 e.